The molecule has 0 spiro atoms. The molecule has 0 fully saturated rings. The van der Waals surface area contributed by atoms with Crippen molar-refractivity contribution >= 4 is 18.1 Å². The van der Waals surface area contributed by atoms with Gasteiger partial charge in [-0.05, 0) is 30.7 Å². The first-order valence-electron chi connectivity index (χ1n) is 4.88. The molecule has 1 rings (SSSR count). The van der Waals surface area contributed by atoms with Crippen LogP contribution in [0.4, 0.5) is 0 Å². The normalized spacial score (nSPS) is 10.5. The summed E-state index contributed by atoms with van der Waals surface area (Å²) in [4.78, 5) is 25.5. The van der Waals surface area contributed by atoms with Crippen LogP contribution < -0.4 is 0 Å². The number of carbonyl (C=O) groups excluding carboxylic acids is 2. The number of allylic oxidation sites excluding steroid dienone is 1. The molecule has 0 N–H and O–H groups in total. The van der Waals surface area contributed by atoms with Crippen molar-refractivity contribution in [3.8, 4) is 0 Å². The summed E-state index contributed by atoms with van der Waals surface area (Å²) in [5.74, 6) is 0.0961. The highest BCUT2D eigenvalue weighted by molar-refractivity contribution is 5.93. The molecule has 0 bridgehead atoms. The third kappa shape index (κ3) is 3.85. The lowest BCUT2D eigenvalue weighted by Crippen LogP contribution is -1.90. The van der Waals surface area contributed by atoms with Crippen LogP contribution in [-0.2, 0) is 4.79 Å². The molecule has 0 saturated carbocycles. The number of aromatic nitrogens is 1. The summed E-state index contributed by atoms with van der Waals surface area (Å²) >= 11 is 0. The SMILES string of the molecule is CCCC(=O)/C=C/c1ccc(C=O)cn1. The second-order valence-corrected chi connectivity index (χ2v) is 3.18. The summed E-state index contributed by atoms with van der Waals surface area (Å²) in [5.41, 5.74) is 1.22. The van der Waals surface area contributed by atoms with E-state index >= 15 is 0 Å². The highest BCUT2D eigenvalue weighted by Gasteiger charge is 1.94. The molecule has 0 aliphatic carbocycles. The predicted octanol–water partition coefficient (Wildman–Crippen LogP) is 2.28. The highest BCUT2D eigenvalue weighted by atomic mass is 16.1. The summed E-state index contributed by atoms with van der Waals surface area (Å²) in [5, 5.41) is 0. The molecule has 0 amide bonds. The molecule has 0 aromatic carbocycles. The van der Waals surface area contributed by atoms with Gasteiger partial charge < -0.3 is 0 Å². The summed E-state index contributed by atoms with van der Waals surface area (Å²) < 4.78 is 0. The lowest BCUT2D eigenvalue weighted by Gasteiger charge is -1.93. The van der Waals surface area contributed by atoms with E-state index in [1.807, 2.05) is 6.92 Å². The van der Waals surface area contributed by atoms with Crippen LogP contribution in [0.15, 0.2) is 24.4 Å². The lowest BCUT2D eigenvalue weighted by molar-refractivity contribution is -0.114. The zero-order valence-electron chi connectivity index (χ0n) is 8.64. The van der Waals surface area contributed by atoms with Crippen LogP contribution in [0.25, 0.3) is 6.08 Å². The molecule has 1 heterocycles. The van der Waals surface area contributed by atoms with Gasteiger partial charge in [0.15, 0.2) is 12.1 Å². The minimum atomic E-state index is 0.0961. The van der Waals surface area contributed by atoms with Crippen molar-refractivity contribution in [3.63, 3.8) is 0 Å². The van der Waals surface area contributed by atoms with Gasteiger partial charge >= 0.3 is 0 Å². The number of hydrogen-bond donors (Lipinski definition) is 0. The molecule has 0 unspecified atom stereocenters. The summed E-state index contributed by atoms with van der Waals surface area (Å²) in [6, 6.07) is 3.38. The molecule has 1 aromatic heterocycles. The van der Waals surface area contributed by atoms with Crippen LogP contribution in [0.2, 0.25) is 0 Å². The Bertz CT molecular complexity index is 366. The Hall–Kier alpha value is -1.77. The van der Waals surface area contributed by atoms with Gasteiger partial charge in [-0.2, -0.15) is 0 Å². The van der Waals surface area contributed by atoms with Gasteiger partial charge in [0.1, 0.15) is 0 Å². The summed E-state index contributed by atoms with van der Waals surface area (Å²) in [6.07, 6.45) is 6.81. The average Bonchev–Trinajstić information content (AvgIpc) is 2.27. The Morgan fingerprint density at radius 2 is 2.27 bits per heavy atom. The number of pyridine rings is 1. The summed E-state index contributed by atoms with van der Waals surface area (Å²) in [7, 11) is 0. The smallest absolute Gasteiger partial charge is 0.155 e. The number of hydrogen-bond acceptors (Lipinski definition) is 3. The van der Waals surface area contributed by atoms with E-state index in [1.165, 1.54) is 12.3 Å². The van der Waals surface area contributed by atoms with Gasteiger partial charge in [-0.25, -0.2) is 0 Å². The second-order valence-electron chi connectivity index (χ2n) is 3.18. The maximum absolute atomic E-state index is 11.2. The van der Waals surface area contributed by atoms with E-state index in [0.717, 1.165) is 12.7 Å². The first-order valence-corrected chi connectivity index (χ1v) is 4.88. The topological polar surface area (TPSA) is 47.0 Å². The number of ketones is 1. The van der Waals surface area contributed by atoms with E-state index in [0.29, 0.717) is 17.7 Å². The van der Waals surface area contributed by atoms with Gasteiger partial charge in [0.05, 0.1) is 5.69 Å². The zero-order valence-corrected chi connectivity index (χ0v) is 8.64. The van der Waals surface area contributed by atoms with Crippen molar-refractivity contribution in [1.29, 1.82) is 0 Å². The molecule has 15 heavy (non-hydrogen) atoms. The minimum Gasteiger partial charge on any atom is -0.298 e. The molecule has 0 radical (unpaired) electrons. The van der Waals surface area contributed by atoms with Gasteiger partial charge in [-0.3, -0.25) is 14.6 Å². The first-order chi connectivity index (χ1) is 7.26. The Labute approximate surface area is 88.8 Å². The van der Waals surface area contributed by atoms with Crippen molar-refractivity contribution in [2.45, 2.75) is 19.8 Å². The van der Waals surface area contributed by atoms with E-state index in [9.17, 15) is 9.59 Å². The Kier molecular flexibility index (Phi) is 4.41. The molecule has 0 aliphatic rings. The predicted molar refractivity (Wildman–Crippen MR) is 58.6 cm³/mol. The van der Waals surface area contributed by atoms with Crippen molar-refractivity contribution < 1.29 is 9.59 Å². The van der Waals surface area contributed by atoms with Crippen LogP contribution in [0.5, 0.6) is 0 Å². The van der Waals surface area contributed by atoms with Gasteiger partial charge in [0.25, 0.3) is 0 Å². The molecule has 78 valence electrons. The fourth-order valence-corrected chi connectivity index (χ4v) is 1.09. The second kappa shape index (κ2) is 5.86. The largest absolute Gasteiger partial charge is 0.298 e. The van der Waals surface area contributed by atoms with Crippen LogP contribution in [0.3, 0.4) is 0 Å². The molecule has 0 aliphatic heterocycles. The van der Waals surface area contributed by atoms with E-state index in [-0.39, 0.29) is 5.78 Å². The number of rotatable bonds is 5. The van der Waals surface area contributed by atoms with Crippen molar-refractivity contribution in [2.75, 3.05) is 0 Å². The highest BCUT2D eigenvalue weighted by Crippen LogP contribution is 2.01. The fourth-order valence-electron chi connectivity index (χ4n) is 1.09. The Morgan fingerprint density at radius 1 is 1.47 bits per heavy atom. The van der Waals surface area contributed by atoms with E-state index in [2.05, 4.69) is 4.98 Å². The summed E-state index contributed by atoms with van der Waals surface area (Å²) in [6.45, 7) is 1.96. The molecule has 1 aromatic rings. The maximum atomic E-state index is 11.2. The van der Waals surface area contributed by atoms with Crippen molar-refractivity contribution in [2.24, 2.45) is 0 Å². The molecule has 3 nitrogen and oxygen atoms in total. The fraction of sp³-hybridized carbons (Fsp3) is 0.250. The first kappa shape index (κ1) is 11.3. The molecular formula is C12H13NO2. The third-order valence-corrected chi connectivity index (χ3v) is 1.88. The number of carbonyl (C=O) groups is 2. The van der Waals surface area contributed by atoms with Crippen LogP contribution in [-0.4, -0.2) is 17.1 Å². The van der Waals surface area contributed by atoms with Gasteiger partial charge in [0.2, 0.25) is 0 Å². The standard InChI is InChI=1S/C12H13NO2/c1-2-3-12(15)7-6-11-5-4-10(9-14)8-13-11/h4-9H,2-3H2,1H3/b7-6+. The minimum absolute atomic E-state index is 0.0961. The van der Waals surface area contributed by atoms with Gasteiger partial charge in [-0.15, -0.1) is 0 Å². The van der Waals surface area contributed by atoms with Gasteiger partial charge in [-0.1, -0.05) is 6.92 Å². The third-order valence-electron chi connectivity index (χ3n) is 1.88. The van der Waals surface area contributed by atoms with Crippen molar-refractivity contribution in [3.05, 3.63) is 35.7 Å². The van der Waals surface area contributed by atoms with E-state index in [1.54, 1.807) is 18.2 Å². The molecule has 0 saturated heterocycles. The van der Waals surface area contributed by atoms with Crippen LogP contribution >= 0.6 is 0 Å². The Morgan fingerprint density at radius 3 is 2.80 bits per heavy atom. The maximum Gasteiger partial charge on any atom is 0.155 e. The van der Waals surface area contributed by atoms with Crippen molar-refractivity contribution in [1.82, 2.24) is 4.98 Å². The Balaban J connectivity index is 2.64. The number of nitrogens with zero attached hydrogens (tertiary/aromatic N) is 1. The van der Waals surface area contributed by atoms with E-state index < -0.39 is 0 Å². The lowest BCUT2D eigenvalue weighted by atomic mass is 10.2. The monoisotopic (exact) mass is 203 g/mol. The van der Waals surface area contributed by atoms with E-state index in [4.69, 9.17) is 0 Å². The van der Waals surface area contributed by atoms with Gasteiger partial charge in [0, 0.05) is 18.2 Å². The molecular weight excluding hydrogens is 190 g/mol. The van der Waals surface area contributed by atoms with Crippen LogP contribution in [0.1, 0.15) is 35.8 Å². The van der Waals surface area contributed by atoms with Crippen LogP contribution in [0, 0.1) is 0 Å². The average molecular weight is 203 g/mol. The number of aldehydes is 1. The zero-order chi connectivity index (χ0) is 11.1. The molecule has 3 heteroatoms. The molecule has 0 atom stereocenters. The quantitative estimate of drug-likeness (QED) is 0.544.